The number of nitriles is 1. The second-order valence-corrected chi connectivity index (χ2v) is 8.17. The lowest BCUT2D eigenvalue weighted by Gasteiger charge is -2.40. The number of amides is 2. The molecule has 1 aliphatic heterocycles. The first-order valence-corrected chi connectivity index (χ1v) is 10.1. The van der Waals surface area contributed by atoms with E-state index >= 15 is 0 Å². The van der Waals surface area contributed by atoms with E-state index in [9.17, 15) is 22.8 Å². The van der Waals surface area contributed by atoms with Gasteiger partial charge >= 0.3 is 12.2 Å². The fourth-order valence-electron chi connectivity index (χ4n) is 4.05. The molecule has 2 aliphatic rings. The number of carbonyl (C=O) groups is 2. The van der Waals surface area contributed by atoms with Crippen LogP contribution in [0.5, 0.6) is 0 Å². The lowest BCUT2D eigenvalue weighted by molar-refractivity contribution is -0.137. The van der Waals surface area contributed by atoms with Crippen LogP contribution in [0.25, 0.3) is 0 Å². The molecule has 2 aromatic carbocycles. The smallest absolute Gasteiger partial charge is 0.316 e. The first-order chi connectivity index (χ1) is 14.6. The zero-order valence-corrected chi connectivity index (χ0v) is 17.8. The summed E-state index contributed by atoms with van der Waals surface area (Å²) in [7, 11) is 1.51. The van der Waals surface area contributed by atoms with Gasteiger partial charge in [-0.15, -0.1) is 0 Å². The number of carbonyl (C=O) groups excluding carboxylic acids is 2. The van der Waals surface area contributed by atoms with Crippen molar-refractivity contribution >= 4 is 33.4 Å². The topological polar surface area (TPSA) is 64.4 Å². The van der Waals surface area contributed by atoms with E-state index in [0.29, 0.717) is 26.9 Å². The highest BCUT2D eigenvalue weighted by molar-refractivity contribution is 9.10. The summed E-state index contributed by atoms with van der Waals surface area (Å²) < 4.78 is 40.2. The van der Waals surface area contributed by atoms with Crippen LogP contribution in [0.3, 0.4) is 0 Å². The fraction of sp³-hybridized carbons (Fsp3) is 0.227. The van der Waals surface area contributed by atoms with Crippen LogP contribution in [-0.2, 0) is 11.0 Å². The molecule has 4 rings (SSSR count). The molecular weight excluding hydrogens is 475 g/mol. The molecule has 158 valence electrons. The second-order valence-electron chi connectivity index (χ2n) is 7.31. The third-order valence-electron chi connectivity index (χ3n) is 5.48. The Labute approximate surface area is 184 Å². The van der Waals surface area contributed by atoms with E-state index in [2.05, 4.69) is 15.9 Å². The lowest BCUT2D eigenvalue weighted by Crippen LogP contribution is -2.48. The Bertz CT molecular complexity index is 1180. The van der Waals surface area contributed by atoms with Gasteiger partial charge in [-0.05, 0) is 42.3 Å². The molecule has 1 aliphatic carbocycles. The largest absolute Gasteiger partial charge is 0.416 e. The third kappa shape index (κ3) is 3.51. The van der Waals surface area contributed by atoms with E-state index in [1.54, 1.807) is 18.2 Å². The van der Waals surface area contributed by atoms with Gasteiger partial charge in [0.2, 0.25) is 0 Å². The Hall–Kier alpha value is -3.12. The van der Waals surface area contributed by atoms with Crippen molar-refractivity contribution in [1.82, 2.24) is 4.90 Å². The van der Waals surface area contributed by atoms with Crippen molar-refractivity contribution in [1.29, 1.82) is 5.26 Å². The minimum Gasteiger partial charge on any atom is -0.316 e. The van der Waals surface area contributed by atoms with Crippen molar-refractivity contribution in [3.63, 3.8) is 0 Å². The van der Waals surface area contributed by atoms with Gasteiger partial charge in [0.15, 0.2) is 5.78 Å². The van der Waals surface area contributed by atoms with E-state index in [1.165, 1.54) is 29.0 Å². The lowest BCUT2D eigenvalue weighted by atomic mass is 9.92. The van der Waals surface area contributed by atoms with E-state index in [4.69, 9.17) is 5.26 Å². The van der Waals surface area contributed by atoms with Crippen LogP contribution < -0.4 is 4.90 Å². The molecule has 5 nitrogen and oxygen atoms in total. The first kappa shape index (κ1) is 21.1. The second kappa shape index (κ2) is 7.54. The van der Waals surface area contributed by atoms with Crippen LogP contribution in [-0.4, -0.2) is 23.8 Å². The summed E-state index contributed by atoms with van der Waals surface area (Å²) in [5.74, 6) is -0.160. The minimum atomic E-state index is -4.56. The van der Waals surface area contributed by atoms with Crippen molar-refractivity contribution in [2.75, 3.05) is 11.9 Å². The van der Waals surface area contributed by atoms with Crippen molar-refractivity contribution in [3.05, 3.63) is 74.9 Å². The van der Waals surface area contributed by atoms with Crippen LogP contribution in [0.4, 0.5) is 23.7 Å². The van der Waals surface area contributed by atoms with Crippen LogP contribution in [0.1, 0.15) is 35.6 Å². The van der Waals surface area contributed by atoms with Gasteiger partial charge in [-0.25, -0.2) is 4.79 Å². The molecule has 0 radical (unpaired) electrons. The summed E-state index contributed by atoms with van der Waals surface area (Å²) in [5.41, 5.74) is 1.02. The van der Waals surface area contributed by atoms with Crippen molar-refractivity contribution in [2.24, 2.45) is 0 Å². The quantitative estimate of drug-likeness (QED) is 0.553. The monoisotopic (exact) mass is 489 g/mol. The van der Waals surface area contributed by atoms with Crippen LogP contribution in [0.2, 0.25) is 0 Å². The SMILES string of the molecule is CN1C(=O)N(c2cccc(C(F)(F)F)c2)C2=C(C(=O)CC2)[C@H]1c1ccc(C#N)cc1Br. The Kier molecular flexibility index (Phi) is 5.13. The number of benzene rings is 2. The van der Waals surface area contributed by atoms with Gasteiger partial charge in [0.05, 0.1) is 28.9 Å². The van der Waals surface area contributed by atoms with Gasteiger partial charge in [-0.2, -0.15) is 18.4 Å². The third-order valence-corrected chi connectivity index (χ3v) is 6.17. The van der Waals surface area contributed by atoms with E-state index in [-0.39, 0.29) is 24.3 Å². The van der Waals surface area contributed by atoms with Crippen LogP contribution in [0, 0.1) is 11.3 Å². The molecule has 0 saturated heterocycles. The molecule has 0 bridgehead atoms. The molecule has 2 aromatic rings. The molecule has 0 saturated carbocycles. The number of halogens is 4. The molecule has 31 heavy (non-hydrogen) atoms. The number of hydrogen-bond acceptors (Lipinski definition) is 3. The van der Waals surface area contributed by atoms with Gasteiger partial charge in [0, 0.05) is 29.2 Å². The van der Waals surface area contributed by atoms with Crippen molar-refractivity contribution in [3.8, 4) is 6.07 Å². The summed E-state index contributed by atoms with van der Waals surface area (Å²) >= 11 is 3.42. The Morgan fingerprint density at radius 3 is 2.52 bits per heavy atom. The highest BCUT2D eigenvalue weighted by Crippen LogP contribution is 2.46. The summed E-state index contributed by atoms with van der Waals surface area (Å²) in [6.45, 7) is 0. The number of ketones is 1. The van der Waals surface area contributed by atoms with Gasteiger partial charge in [-0.3, -0.25) is 9.69 Å². The number of hydrogen-bond donors (Lipinski definition) is 0. The normalized spacial score (nSPS) is 19.0. The van der Waals surface area contributed by atoms with Crippen molar-refractivity contribution < 1.29 is 22.8 Å². The molecule has 1 heterocycles. The summed E-state index contributed by atoms with van der Waals surface area (Å²) in [4.78, 5) is 28.7. The Morgan fingerprint density at radius 1 is 1.13 bits per heavy atom. The fourth-order valence-corrected chi connectivity index (χ4v) is 4.65. The average Bonchev–Trinajstić information content (AvgIpc) is 3.10. The zero-order valence-electron chi connectivity index (χ0n) is 16.2. The van der Waals surface area contributed by atoms with Crippen LogP contribution >= 0.6 is 15.9 Å². The molecule has 0 spiro atoms. The molecule has 2 amide bonds. The molecule has 0 unspecified atom stereocenters. The highest BCUT2D eigenvalue weighted by atomic mass is 79.9. The van der Waals surface area contributed by atoms with Crippen LogP contribution in [0.15, 0.2) is 58.2 Å². The Balaban J connectivity index is 1.88. The van der Waals surface area contributed by atoms with Gasteiger partial charge in [0.1, 0.15) is 0 Å². The minimum absolute atomic E-state index is 0.0613. The van der Waals surface area contributed by atoms with Crippen molar-refractivity contribution in [2.45, 2.75) is 25.1 Å². The molecule has 0 aromatic heterocycles. The molecular formula is C22H15BrF3N3O2. The number of allylic oxidation sites excluding steroid dienone is 1. The maximum Gasteiger partial charge on any atom is 0.416 e. The van der Waals surface area contributed by atoms with Gasteiger partial charge in [0.25, 0.3) is 0 Å². The number of Topliss-reactive ketones (excluding diaryl/α,β-unsaturated/α-hetero) is 1. The standard InChI is InChI=1S/C22H15BrF3N3O2/c1-28-20(15-6-5-12(11-27)9-16(15)23)19-17(7-8-18(19)30)29(21(28)31)14-4-2-3-13(10-14)22(24,25)26/h2-6,9-10,20H,7-8H2,1H3/t20-/m1/s1. The van der Waals surface area contributed by atoms with E-state index in [1.807, 2.05) is 6.07 Å². The zero-order chi connectivity index (χ0) is 22.5. The maximum absolute atomic E-state index is 13.3. The summed E-state index contributed by atoms with van der Waals surface area (Å²) in [6.07, 6.45) is -4.13. The molecule has 0 N–H and O–H groups in total. The number of alkyl halides is 3. The van der Waals surface area contributed by atoms with E-state index < -0.39 is 23.8 Å². The number of likely N-dealkylation sites (N-methyl/N-ethyl adjacent to an activating group) is 1. The van der Waals surface area contributed by atoms with Gasteiger partial charge in [-0.1, -0.05) is 28.1 Å². The van der Waals surface area contributed by atoms with Gasteiger partial charge < -0.3 is 4.90 Å². The predicted octanol–water partition coefficient (Wildman–Crippen LogP) is 5.57. The maximum atomic E-state index is 13.3. The number of anilines is 1. The van der Waals surface area contributed by atoms with E-state index in [0.717, 1.165) is 12.1 Å². The molecule has 0 fully saturated rings. The molecule has 1 atom stereocenters. The summed E-state index contributed by atoms with van der Waals surface area (Å²) in [6, 6.07) is 10.2. The number of rotatable bonds is 2. The average molecular weight is 490 g/mol. The predicted molar refractivity (Wildman–Crippen MR) is 110 cm³/mol. The molecule has 9 heteroatoms. The highest BCUT2D eigenvalue weighted by Gasteiger charge is 2.45. The Morgan fingerprint density at radius 2 is 1.87 bits per heavy atom. The number of nitrogens with zero attached hydrogens (tertiary/aromatic N) is 3. The first-order valence-electron chi connectivity index (χ1n) is 9.33. The summed E-state index contributed by atoms with van der Waals surface area (Å²) in [5, 5.41) is 9.10. The number of urea groups is 1.